The lowest BCUT2D eigenvalue weighted by molar-refractivity contribution is 0.0998. The van der Waals surface area contributed by atoms with Gasteiger partial charge in [0.2, 0.25) is 5.88 Å². The van der Waals surface area contributed by atoms with Gasteiger partial charge in [-0.1, -0.05) is 11.6 Å². The Hall–Kier alpha value is -2.41. The normalized spacial score (nSPS) is 13.2. The molecule has 0 bridgehead atoms. The number of ether oxygens (including phenoxy) is 1. The zero-order valence-electron chi connectivity index (χ0n) is 12.2. The van der Waals surface area contributed by atoms with Gasteiger partial charge in [-0.2, -0.15) is 4.99 Å². The fraction of sp³-hybridized carbons (Fsp3) is 0.286. The second-order valence-electron chi connectivity index (χ2n) is 5.01. The number of amides is 1. The van der Waals surface area contributed by atoms with Gasteiger partial charge in [-0.05, 0) is 6.07 Å². The van der Waals surface area contributed by atoms with Crippen molar-refractivity contribution in [2.45, 2.75) is 6.54 Å². The van der Waals surface area contributed by atoms with Crippen LogP contribution in [0.2, 0.25) is 5.02 Å². The van der Waals surface area contributed by atoms with Gasteiger partial charge in [0, 0.05) is 26.5 Å². The Morgan fingerprint density at radius 3 is 3.14 bits per heavy atom. The Morgan fingerprint density at radius 2 is 2.36 bits per heavy atom. The van der Waals surface area contributed by atoms with Gasteiger partial charge in [-0.15, -0.1) is 0 Å². The van der Waals surface area contributed by atoms with Crippen LogP contribution in [0.1, 0.15) is 10.5 Å². The van der Waals surface area contributed by atoms with E-state index in [1.165, 1.54) is 12.5 Å². The first-order valence-electron chi connectivity index (χ1n) is 6.65. The van der Waals surface area contributed by atoms with Crippen LogP contribution in [-0.4, -0.2) is 52.4 Å². The Labute approximate surface area is 132 Å². The fourth-order valence-corrected chi connectivity index (χ4v) is 2.24. The summed E-state index contributed by atoms with van der Waals surface area (Å²) in [5.74, 6) is 0.669. The van der Waals surface area contributed by atoms with Crippen molar-refractivity contribution >= 4 is 23.8 Å². The molecule has 114 valence electrons. The molecule has 0 aliphatic carbocycles. The van der Waals surface area contributed by atoms with Crippen molar-refractivity contribution in [3.8, 4) is 17.3 Å². The summed E-state index contributed by atoms with van der Waals surface area (Å²) >= 11 is 6.00. The van der Waals surface area contributed by atoms with Crippen molar-refractivity contribution in [2.75, 3.05) is 20.7 Å². The van der Waals surface area contributed by atoms with Crippen molar-refractivity contribution in [1.82, 2.24) is 19.4 Å². The summed E-state index contributed by atoms with van der Waals surface area (Å²) in [7, 11) is 3.58. The van der Waals surface area contributed by atoms with Crippen molar-refractivity contribution in [2.24, 2.45) is 4.99 Å². The molecule has 0 fully saturated rings. The minimum atomic E-state index is -0.397. The molecule has 0 N–H and O–H groups in total. The van der Waals surface area contributed by atoms with Crippen molar-refractivity contribution < 1.29 is 9.53 Å². The minimum Gasteiger partial charge on any atom is -0.475 e. The van der Waals surface area contributed by atoms with Gasteiger partial charge in [0.15, 0.2) is 0 Å². The molecule has 8 heteroatoms. The Balaban J connectivity index is 2.02. The zero-order chi connectivity index (χ0) is 15.7. The van der Waals surface area contributed by atoms with E-state index in [0.717, 1.165) is 0 Å². The second-order valence-corrected chi connectivity index (χ2v) is 5.45. The van der Waals surface area contributed by atoms with Crippen LogP contribution in [0.25, 0.3) is 11.4 Å². The van der Waals surface area contributed by atoms with Crippen LogP contribution in [0.15, 0.2) is 23.5 Å². The van der Waals surface area contributed by atoms with Crippen LogP contribution in [0.5, 0.6) is 5.88 Å². The molecule has 2 aromatic heterocycles. The quantitative estimate of drug-likeness (QED) is 0.622. The Morgan fingerprint density at radius 1 is 1.55 bits per heavy atom. The van der Waals surface area contributed by atoms with E-state index < -0.39 is 5.91 Å². The molecule has 1 amide bonds. The molecular formula is C14H14ClN5O2. The number of rotatable bonds is 2. The number of halogens is 1. The number of imidazole rings is 1. The number of carbonyl (C=O) groups excluding carboxylic acids is 1. The number of carbonyl (C=O) groups is 1. The highest BCUT2D eigenvalue weighted by molar-refractivity contribution is 6.30. The van der Waals surface area contributed by atoms with Crippen LogP contribution in [0, 0.1) is 0 Å². The van der Waals surface area contributed by atoms with Crippen molar-refractivity contribution in [3.05, 3.63) is 29.2 Å². The Bertz CT molecular complexity index is 754. The van der Waals surface area contributed by atoms with E-state index in [1.54, 1.807) is 31.3 Å². The van der Waals surface area contributed by atoms with Gasteiger partial charge in [0.25, 0.3) is 5.91 Å². The van der Waals surface area contributed by atoms with E-state index >= 15 is 0 Å². The zero-order valence-corrected chi connectivity index (χ0v) is 12.9. The molecule has 0 spiro atoms. The largest absolute Gasteiger partial charge is 0.475 e. The van der Waals surface area contributed by atoms with Gasteiger partial charge in [-0.25, -0.2) is 9.97 Å². The number of hydrogen-bond acceptors (Lipinski definition) is 4. The van der Waals surface area contributed by atoms with Crippen molar-refractivity contribution in [1.29, 1.82) is 0 Å². The molecule has 1 aliphatic rings. The molecule has 3 rings (SSSR count). The summed E-state index contributed by atoms with van der Waals surface area (Å²) in [4.78, 5) is 26.1. The highest BCUT2D eigenvalue weighted by Crippen LogP contribution is 2.32. The number of hydrogen-bond donors (Lipinski definition) is 0. The lowest BCUT2D eigenvalue weighted by Gasteiger charge is -2.04. The van der Waals surface area contributed by atoms with Gasteiger partial charge >= 0.3 is 0 Å². The third-order valence-electron chi connectivity index (χ3n) is 3.03. The molecule has 0 saturated heterocycles. The predicted octanol–water partition coefficient (Wildman–Crippen LogP) is 1.72. The SMILES string of the molecule is CN(C)C=NC(=O)c1cn2c(n1)-c1cc(Cl)cnc1OCC2. The standard InChI is InChI=1S/C14H14ClN5O2/c1-19(2)8-17-13(21)11-7-20-3-4-22-14-10(12(20)18-11)5-9(15)6-16-14/h5-8H,3-4H2,1-2H3. The first-order chi connectivity index (χ1) is 10.5. The van der Waals surface area contributed by atoms with Gasteiger partial charge in [-0.3, -0.25) is 4.79 Å². The molecule has 22 heavy (non-hydrogen) atoms. The summed E-state index contributed by atoms with van der Waals surface area (Å²) in [6, 6.07) is 1.73. The number of pyridine rings is 1. The van der Waals surface area contributed by atoms with E-state index in [9.17, 15) is 4.79 Å². The number of nitrogens with zero attached hydrogens (tertiary/aromatic N) is 5. The van der Waals surface area contributed by atoms with Crippen molar-refractivity contribution in [3.63, 3.8) is 0 Å². The number of aromatic nitrogens is 3. The molecule has 2 aromatic rings. The fourth-order valence-electron chi connectivity index (χ4n) is 2.08. The molecule has 0 atom stereocenters. The van der Waals surface area contributed by atoms with Crippen LogP contribution >= 0.6 is 11.6 Å². The molecule has 0 unspecified atom stereocenters. The van der Waals surface area contributed by atoms with Crippen LogP contribution in [0.3, 0.4) is 0 Å². The maximum Gasteiger partial charge on any atom is 0.298 e. The van der Waals surface area contributed by atoms with E-state index in [0.29, 0.717) is 35.4 Å². The molecule has 0 aromatic carbocycles. The third kappa shape index (κ3) is 2.80. The topological polar surface area (TPSA) is 72.6 Å². The van der Waals surface area contributed by atoms with Crippen LogP contribution < -0.4 is 4.74 Å². The smallest absolute Gasteiger partial charge is 0.298 e. The second kappa shape index (κ2) is 5.76. The first kappa shape index (κ1) is 14.5. The van der Waals surface area contributed by atoms with Crippen LogP contribution in [0.4, 0.5) is 0 Å². The molecule has 0 saturated carbocycles. The summed E-state index contributed by atoms with van der Waals surface area (Å²) in [6.07, 6.45) is 4.64. The van der Waals surface area contributed by atoms with E-state index in [-0.39, 0.29) is 5.69 Å². The van der Waals surface area contributed by atoms with Gasteiger partial charge < -0.3 is 14.2 Å². The van der Waals surface area contributed by atoms with E-state index in [4.69, 9.17) is 16.3 Å². The van der Waals surface area contributed by atoms with Gasteiger partial charge in [0.1, 0.15) is 18.1 Å². The first-order valence-corrected chi connectivity index (χ1v) is 7.03. The minimum absolute atomic E-state index is 0.279. The average molecular weight is 320 g/mol. The molecule has 1 aliphatic heterocycles. The predicted molar refractivity (Wildman–Crippen MR) is 82.5 cm³/mol. The summed E-state index contributed by atoms with van der Waals surface area (Å²) in [6.45, 7) is 1.01. The monoisotopic (exact) mass is 319 g/mol. The lowest BCUT2D eigenvalue weighted by atomic mass is 10.2. The summed E-state index contributed by atoms with van der Waals surface area (Å²) in [5, 5.41) is 0.484. The lowest BCUT2D eigenvalue weighted by Crippen LogP contribution is -2.10. The molecule has 3 heterocycles. The highest BCUT2D eigenvalue weighted by Gasteiger charge is 2.21. The average Bonchev–Trinajstić information content (AvgIpc) is 2.83. The van der Waals surface area contributed by atoms with E-state index in [1.807, 2.05) is 4.57 Å². The Kier molecular flexibility index (Phi) is 3.81. The van der Waals surface area contributed by atoms with Crippen LogP contribution in [-0.2, 0) is 6.54 Å². The highest BCUT2D eigenvalue weighted by atomic mass is 35.5. The molecule has 0 radical (unpaired) electrons. The number of fused-ring (bicyclic) bond motifs is 3. The van der Waals surface area contributed by atoms with Gasteiger partial charge in [0.05, 0.1) is 23.5 Å². The molecule has 7 nitrogen and oxygen atoms in total. The maximum atomic E-state index is 12.1. The number of aliphatic imine (C=N–C) groups is 1. The van der Waals surface area contributed by atoms with E-state index in [2.05, 4.69) is 15.0 Å². The summed E-state index contributed by atoms with van der Waals surface area (Å²) in [5.41, 5.74) is 0.946. The maximum absolute atomic E-state index is 12.1. The summed E-state index contributed by atoms with van der Waals surface area (Å²) < 4.78 is 7.42. The third-order valence-corrected chi connectivity index (χ3v) is 3.24. The molecular weight excluding hydrogens is 306 g/mol.